The number of hydrogen-bond acceptors (Lipinski definition) is 4. The Hall–Kier alpha value is -0.840. The Labute approximate surface area is 132 Å². The summed E-state index contributed by atoms with van der Waals surface area (Å²) in [5.74, 6) is 0.874. The lowest BCUT2D eigenvalue weighted by Crippen LogP contribution is -2.47. The number of rotatable bonds is 6. The standard InChI is InChI=1S/C16H26ClN3O/c1-4-7-18-10-13-9-14(17)15(19-11-13)20-8-5-6-16(2,12-20)21-3/h9,11,18H,4-8,10,12H2,1-3H3. The molecule has 0 bridgehead atoms. The van der Waals surface area contributed by atoms with Crippen molar-refractivity contribution < 1.29 is 4.74 Å². The molecule has 1 saturated heterocycles. The molecule has 1 fully saturated rings. The van der Waals surface area contributed by atoms with E-state index in [1.165, 1.54) is 0 Å². The number of hydrogen-bond donors (Lipinski definition) is 1. The summed E-state index contributed by atoms with van der Waals surface area (Å²) in [6.45, 7) is 7.96. The van der Waals surface area contributed by atoms with Gasteiger partial charge in [0.05, 0.1) is 10.6 Å². The van der Waals surface area contributed by atoms with Crippen LogP contribution in [-0.4, -0.2) is 37.3 Å². The third kappa shape index (κ3) is 4.31. The molecule has 1 unspecified atom stereocenters. The summed E-state index contributed by atoms with van der Waals surface area (Å²) in [5, 5.41) is 4.10. The fourth-order valence-electron chi connectivity index (χ4n) is 2.76. The lowest BCUT2D eigenvalue weighted by atomic mass is 9.95. The lowest BCUT2D eigenvalue weighted by molar-refractivity contribution is -0.00480. The first-order chi connectivity index (χ1) is 10.1. The molecule has 1 aliphatic rings. The number of piperidine rings is 1. The van der Waals surface area contributed by atoms with Crippen molar-refractivity contribution in [2.24, 2.45) is 0 Å². The SMILES string of the molecule is CCCNCc1cnc(N2CCCC(C)(OC)C2)c(Cl)c1. The van der Waals surface area contributed by atoms with Crippen LogP contribution in [0.2, 0.25) is 5.02 Å². The van der Waals surface area contributed by atoms with Crippen molar-refractivity contribution in [3.63, 3.8) is 0 Å². The first-order valence-corrected chi connectivity index (χ1v) is 8.11. The maximum Gasteiger partial charge on any atom is 0.147 e. The zero-order chi connectivity index (χ0) is 15.3. The fraction of sp³-hybridized carbons (Fsp3) is 0.688. The van der Waals surface area contributed by atoms with Gasteiger partial charge < -0.3 is 15.0 Å². The van der Waals surface area contributed by atoms with Gasteiger partial charge in [-0.15, -0.1) is 0 Å². The molecular weight excluding hydrogens is 286 g/mol. The molecule has 1 atom stereocenters. The average Bonchev–Trinajstić information content (AvgIpc) is 2.48. The third-order valence-electron chi connectivity index (χ3n) is 4.09. The first-order valence-electron chi connectivity index (χ1n) is 7.73. The van der Waals surface area contributed by atoms with Crippen LogP contribution in [0.15, 0.2) is 12.3 Å². The molecule has 0 amide bonds. The summed E-state index contributed by atoms with van der Waals surface area (Å²) in [7, 11) is 1.78. The topological polar surface area (TPSA) is 37.4 Å². The highest BCUT2D eigenvalue weighted by Gasteiger charge is 2.32. The van der Waals surface area contributed by atoms with Gasteiger partial charge in [0.1, 0.15) is 5.82 Å². The zero-order valence-electron chi connectivity index (χ0n) is 13.3. The molecule has 5 heteroatoms. The second-order valence-corrected chi connectivity index (χ2v) is 6.41. The quantitative estimate of drug-likeness (QED) is 0.818. The lowest BCUT2D eigenvalue weighted by Gasteiger charge is -2.40. The highest BCUT2D eigenvalue weighted by atomic mass is 35.5. The number of halogens is 1. The van der Waals surface area contributed by atoms with E-state index in [1.807, 2.05) is 12.3 Å². The monoisotopic (exact) mass is 311 g/mol. The highest BCUT2D eigenvalue weighted by Crippen LogP contribution is 2.31. The number of pyridine rings is 1. The Morgan fingerprint density at radius 3 is 3.00 bits per heavy atom. The number of anilines is 1. The minimum Gasteiger partial charge on any atom is -0.377 e. The van der Waals surface area contributed by atoms with Crippen molar-refractivity contribution in [1.82, 2.24) is 10.3 Å². The van der Waals surface area contributed by atoms with Crippen LogP contribution in [0.3, 0.4) is 0 Å². The van der Waals surface area contributed by atoms with Gasteiger partial charge in [-0.1, -0.05) is 18.5 Å². The van der Waals surface area contributed by atoms with Gasteiger partial charge in [-0.3, -0.25) is 0 Å². The minimum atomic E-state index is -0.107. The normalized spacial score (nSPS) is 22.6. The van der Waals surface area contributed by atoms with Crippen LogP contribution >= 0.6 is 11.6 Å². The smallest absolute Gasteiger partial charge is 0.147 e. The van der Waals surface area contributed by atoms with Crippen molar-refractivity contribution in [2.75, 3.05) is 31.6 Å². The minimum absolute atomic E-state index is 0.107. The van der Waals surface area contributed by atoms with Crippen molar-refractivity contribution in [3.8, 4) is 0 Å². The van der Waals surface area contributed by atoms with E-state index in [4.69, 9.17) is 16.3 Å². The van der Waals surface area contributed by atoms with Gasteiger partial charge in [-0.25, -0.2) is 4.98 Å². The van der Waals surface area contributed by atoms with E-state index >= 15 is 0 Å². The molecule has 4 nitrogen and oxygen atoms in total. The predicted molar refractivity (Wildman–Crippen MR) is 88.1 cm³/mol. The van der Waals surface area contributed by atoms with Crippen LogP contribution in [0, 0.1) is 0 Å². The van der Waals surface area contributed by atoms with Crippen molar-refractivity contribution in [3.05, 3.63) is 22.8 Å². The van der Waals surface area contributed by atoms with Crippen LogP contribution in [0.25, 0.3) is 0 Å². The predicted octanol–water partition coefficient (Wildman–Crippen LogP) is 3.24. The summed E-state index contributed by atoms with van der Waals surface area (Å²) >= 11 is 6.44. The van der Waals surface area contributed by atoms with E-state index in [0.29, 0.717) is 0 Å². The van der Waals surface area contributed by atoms with E-state index in [9.17, 15) is 0 Å². The number of ether oxygens (including phenoxy) is 1. The largest absolute Gasteiger partial charge is 0.377 e. The molecule has 1 N–H and O–H groups in total. The highest BCUT2D eigenvalue weighted by molar-refractivity contribution is 6.33. The second-order valence-electron chi connectivity index (χ2n) is 6.00. The Bertz CT molecular complexity index is 469. The second kappa shape index (κ2) is 7.43. The molecule has 0 radical (unpaired) electrons. The van der Waals surface area contributed by atoms with Crippen LogP contribution < -0.4 is 10.2 Å². The summed E-state index contributed by atoms with van der Waals surface area (Å²) in [5.41, 5.74) is 1.02. The van der Waals surface area contributed by atoms with Gasteiger partial charge in [-0.05, 0) is 44.4 Å². The van der Waals surface area contributed by atoms with E-state index in [-0.39, 0.29) is 5.60 Å². The molecule has 0 aliphatic carbocycles. The maximum absolute atomic E-state index is 6.44. The van der Waals surface area contributed by atoms with E-state index in [1.54, 1.807) is 7.11 Å². The molecule has 21 heavy (non-hydrogen) atoms. The number of nitrogens with zero attached hydrogens (tertiary/aromatic N) is 2. The molecule has 2 heterocycles. The van der Waals surface area contributed by atoms with E-state index in [0.717, 1.165) is 61.8 Å². The molecule has 1 aliphatic heterocycles. The average molecular weight is 312 g/mol. The molecule has 0 saturated carbocycles. The first kappa shape index (κ1) is 16.5. The van der Waals surface area contributed by atoms with Crippen molar-refractivity contribution >= 4 is 17.4 Å². The molecule has 0 spiro atoms. The summed E-state index contributed by atoms with van der Waals surface area (Å²) < 4.78 is 5.64. The van der Waals surface area contributed by atoms with Gasteiger partial charge in [-0.2, -0.15) is 0 Å². The summed E-state index contributed by atoms with van der Waals surface area (Å²) in [6.07, 6.45) is 5.23. The summed E-state index contributed by atoms with van der Waals surface area (Å²) in [4.78, 5) is 6.81. The molecule has 118 valence electrons. The molecule has 0 aromatic carbocycles. The Morgan fingerprint density at radius 2 is 2.33 bits per heavy atom. The number of nitrogens with one attached hydrogen (secondary N) is 1. The fourth-order valence-corrected chi connectivity index (χ4v) is 3.07. The van der Waals surface area contributed by atoms with Crippen molar-refractivity contribution in [1.29, 1.82) is 0 Å². The Kier molecular flexibility index (Phi) is 5.85. The van der Waals surface area contributed by atoms with Crippen molar-refractivity contribution in [2.45, 2.75) is 45.3 Å². The molecule has 1 aromatic heterocycles. The van der Waals surface area contributed by atoms with Crippen LogP contribution in [0.1, 0.15) is 38.7 Å². The summed E-state index contributed by atoms with van der Waals surface area (Å²) in [6, 6.07) is 2.02. The van der Waals surface area contributed by atoms with Gasteiger partial charge in [0.15, 0.2) is 0 Å². The van der Waals surface area contributed by atoms with E-state index < -0.39 is 0 Å². The van der Waals surface area contributed by atoms with Crippen LogP contribution in [-0.2, 0) is 11.3 Å². The van der Waals surface area contributed by atoms with Gasteiger partial charge in [0, 0.05) is 32.9 Å². The van der Waals surface area contributed by atoms with Gasteiger partial charge >= 0.3 is 0 Å². The Balaban J connectivity index is 2.06. The van der Waals surface area contributed by atoms with Crippen LogP contribution in [0.5, 0.6) is 0 Å². The molecule has 2 rings (SSSR count). The van der Waals surface area contributed by atoms with Gasteiger partial charge in [0.2, 0.25) is 0 Å². The number of methoxy groups -OCH3 is 1. The third-order valence-corrected chi connectivity index (χ3v) is 4.36. The van der Waals surface area contributed by atoms with Gasteiger partial charge in [0.25, 0.3) is 0 Å². The maximum atomic E-state index is 6.44. The van der Waals surface area contributed by atoms with E-state index in [2.05, 4.69) is 29.0 Å². The molecular formula is C16H26ClN3O. The van der Waals surface area contributed by atoms with Crippen LogP contribution in [0.4, 0.5) is 5.82 Å². The zero-order valence-corrected chi connectivity index (χ0v) is 14.0. The Morgan fingerprint density at radius 1 is 1.52 bits per heavy atom. The molecule has 1 aromatic rings. The number of aromatic nitrogens is 1.